The Balaban J connectivity index is 1.90. The third kappa shape index (κ3) is 3.24. The van der Waals surface area contributed by atoms with E-state index in [1.54, 1.807) is 0 Å². The van der Waals surface area contributed by atoms with Gasteiger partial charge in [0, 0.05) is 0 Å². The fraction of sp³-hybridized carbons (Fsp3) is 0.176. The maximum Gasteiger partial charge on any atom is 0.330 e. The van der Waals surface area contributed by atoms with E-state index in [1.165, 1.54) is 4.57 Å². The van der Waals surface area contributed by atoms with Crippen LogP contribution in [0, 0.1) is 6.92 Å². The zero-order valence-corrected chi connectivity index (χ0v) is 13.2. The Morgan fingerprint density at radius 3 is 2.58 bits per heavy atom. The first kappa shape index (κ1) is 15.7. The summed E-state index contributed by atoms with van der Waals surface area (Å²) in [6, 6.07) is 13.1. The summed E-state index contributed by atoms with van der Waals surface area (Å²) in [5.41, 5.74) is 6.02. The molecule has 3 rings (SSSR count). The maximum atomic E-state index is 12.1. The summed E-state index contributed by atoms with van der Waals surface area (Å²) in [6.45, 7) is 2.41. The lowest BCUT2D eigenvalue weighted by Gasteiger charge is -2.13. The van der Waals surface area contributed by atoms with Crippen molar-refractivity contribution < 1.29 is 4.42 Å². The number of rotatable bonds is 5. The molecule has 2 heterocycles. The number of furan rings is 1. The van der Waals surface area contributed by atoms with Gasteiger partial charge in [-0.1, -0.05) is 30.3 Å². The summed E-state index contributed by atoms with van der Waals surface area (Å²) in [7, 11) is 0. The lowest BCUT2D eigenvalue weighted by atomic mass is 10.2. The minimum atomic E-state index is -0.551. The van der Waals surface area contributed by atoms with Crippen molar-refractivity contribution in [3.63, 3.8) is 0 Å². The highest BCUT2D eigenvalue weighted by molar-refractivity contribution is 5.60. The minimum absolute atomic E-state index is 0.0934. The number of hydrogen-bond acceptors (Lipinski definition) is 5. The molecule has 0 amide bonds. The lowest BCUT2D eigenvalue weighted by Crippen LogP contribution is -2.34. The molecule has 0 unspecified atom stereocenters. The molecule has 0 aliphatic carbocycles. The number of anilines is 2. The van der Waals surface area contributed by atoms with Crippen LogP contribution in [0.1, 0.15) is 17.1 Å². The van der Waals surface area contributed by atoms with Gasteiger partial charge in [-0.25, -0.2) is 4.79 Å². The van der Waals surface area contributed by atoms with E-state index in [4.69, 9.17) is 10.2 Å². The Kier molecular flexibility index (Phi) is 4.24. The fourth-order valence-corrected chi connectivity index (χ4v) is 2.44. The molecule has 0 aliphatic rings. The molecule has 7 nitrogen and oxygen atoms in total. The number of aromatic amines is 1. The summed E-state index contributed by atoms with van der Waals surface area (Å²) < 4.78 is 6.78. The zero-order chi connectivity index (χ0) is 17.1. The van der Waals surface area contributed by atoms with Crippen LogP contribution in [0.15, 0.2) is 56.5 Å². The largest absolute Gasteiger partial charge is 0.465 e. The van der Waals surface area contributed by atoms with Crippen molar-refractivity contribution in [3.8, 4) is 0 Å². The van der Waals surface area contributed by atoms with E-state index in [0.29, 0.717) is 12.3 Å². The van der Waals surface area contributed by atoms with Crippen LogP contribution in [-0.4, -0.2) is 9.55 Å². The number of nitrogen functional groups attached to an aromatic ring is 1. The average molecular weight is 326 g/mol. The molecule has 0 radical (unpaired) electrons. The summed E-state index contributed by atoms with van der Waals surface area (Å²) in [6.07, 6.45) is 0. The van der Waals surface area contributed by atoms with Crippen LogP contribution >= 0.6 is 0 Å². The van der Waals surface area contributed by atoms with Crippen LogP contribution in [0.4, 0.5) is 11.5 Å². The number of aryl methyl sites for hydroxylation is 1. The number of H-pyrrole nitrogens is 1. The molecule has 0 fully saturated rings. The van der Waals surface area contributed by atoms with E-state index in [1.807, 2.05) is 49.4 Å². The van der Waals surface area contributed by atoms with E-state index in [-0.39, 0.29) is 18.1 Å². The second kappa shape index (κ2) is 6.49. The van der Waals surface area contributed by atoms with Crippen molar-refractivity contribution in [2.75, 3.05) is 11.1 Å². The number of nitrogens with zero attached hydrogens (tertiary/aromatic N) is 1. The van der Waals surface area contributed by atoms with Gasteiger partial charge >= 0.3 is 5.69 Å². The van der Waals surface area contributed by atoms with Gasteiger partial charge < -0.3 is 15.5 Å². The van der Waals surface area contributed by atoms with Crippen LogP contribution in [0.3, 0.4) is 0 Å². The summed E-state index contributed by atoms with van der Waals surface area (Å²) >= 11 is 0. The monoisotopic (exact) mass is 326 g/mol. The summed E-state index contributed by atoms with van der Waals surface area (Å²) in [5.74, 6) is 1.55. The normalized spacial score (nSPS) is 10.7. The van der Waals surface area contributed by atoms with E-state index < -0.39 is 11.2 Å². The van der Waals surface area contributed by atoms with Gasteiger partial charge in [0.1, 0.15) is 23.0 Å². The van der Waals surface area contributed by atoms with Crippen LogP contribution < -0.4 is 22.3 Å². The predicted molar refractivity (Wildman–Crippen MR) is 92.1 cm³/mol. The van der Waals surface area contributed by atoms with Crippen molar-refractivity contribution in [1.29, 1.82) is 0 Å². The Bertz CT molecular complexity index is 954. The van der Waals surface area contributed by atoms with E-state index in [0.717, 1.165) is 11.3 Å². The first-order valence-electron chi connectivity index (χ1n) is 7.50. The topological polar surface area (TPSA) is 106 Å². The molecule has 0 saturated carbocycles. The SMILES string of the molecule is Cc1ccc(CNc2c(N)n(Cc3ccccc3)c(=O)[nH]c2=O)o1. The van der Waals surface area contributed by atoms with Crippen molar-refractivity contribution in [3.05, 3.63) is 80.4 Å². The predicted octanol–water partition coefficient (Wildman–Crippen LogP) is 1.68. The van der Waals surface area contributed by atoms with Crippen molar-refractivity contribution in [2.24, 2.45) is 0 Å². The number of hydrogen-bond donors (Lipinski definition) is 3. The Morgan fingerprint density at radius 1 is 1.17 bits per heavy atom. The fourth-order valence-electron chi connectivity index (χ4n) is 2.44. The van der Waals surface area contributed by atoms with E-state index in [2.05, 4.69) is 10.3 Å². The zero-order valence-electron chi connectivity index (χ0n) is 13.2. The van der Waals surface area contributed by atoms with Gasteiger partial charge in [-0.3, -0.25) is 14.3 Å². The van der Waals surface area contributed by atoms with Gasteiger partial charge in [0.15, 0.2) is 0 Å². The van der Waals surface area contributed by atoms with Crippen molar-refractivity contribution in [1.82, 2.24) is 9.55 Å². The molecule has 2 aromatic heterocycles. The number of nitrogens with two attached hydrogens (primary N) is 1. The van der Waals surface area contributed by atoms with Crippen LogP contribution in [0.25, 0.3) is 0 Å². The average Bonchev–Trinajstić information content (AvgIpc) is 2.97. The van der Waals surface area contributed by atoms with Gasteiger partial charge in [0.25, 0.3) is 5.56 Å². The number of nitrogens with one attached hydrogen (secondary N) is 2. The molecule has 0 spiro atoms. The van der Waals surface area contributed by atoms with Crippen LogP contribution in [-0.2, 0) is 13.1 Å². The molecule has 24 heavy (non-hydrogen) atoms. The highest BCUT2D eigenvalue weighted by Gasteiger charge is 2.13. The maximum absolute atomic E-state index is 12.1. The van der Waals surface area contributed by atoms with Gasteiger partial charge in [-0.2, -0.15) is 0 Å². The molecule has 124 valence electrons. The Labute approximate surface area is 137 Å². The second-order valence-electron chi connectivity index (χ2n) is 5.46. The van der Waals surface area contributed by atoms with Gasteiger partial charge in [-0.15, -0.1) is 0 Å². The van der Waals surface area contributed by atoms with E-state index >= 15 is 0 Å². The van der Waals surface area contributed by atoms with E-state index in [9.17, 15) is 9.59 Å². The Morgan fingerprint density at radius 2 is 1.92 bits per heavy atom. The molecule has 4 N–H and O–H groups in total. The second-order valence-corrected chi connectivity index (χ2v) is 5.46. The quantitative estimate of drug-likeness (QED) is 0.661. The first-order valence-corrected chi connectivity index (χ1v) is 7.50. The van der Waals surface area contributed by atoms with Crippen molar-refractivity contribution >= 4 is 11.5 Å². The molecule has 0 bridgehead atoms. The van der Waals surface area contributed by atoms with Gasteiger partial charge in [-0.05, 0) is 24.6 Å². The molecular formula is C17H18N4O3. The molecule has 1 aromatic carbocycles. The number of aromatic nitrogens is 2. The third-order valence-corrected chi connectivity index (χ3v) is 3.66. The number of benzene rings is 1. The molecule has 0 atom stereocenters. The molecular weight excluding hydrogens is 308 g/mol. The summed E-state index contributed by atoms with van der Waals surface area (Å²) in [4.78, 5) is 26.4. The third-order valence-electron chi connectivity index (χ3n) is 3.66. The lowest BCUT2D eigenvalue weighted by molar-refractivity contribution is 0.490. The summed E-state index contributed by atoms with van der Waals surface area (Å²) in [5, 5.41) is 2.94. The van der Waals surface area contributed by atoms with Crippen molar-refractivity contribution in [2.45, 2.75) is 20.0 Å². The molecule has 0 aliphatic heterocycles. The molecule has 0 saturated heterocycles. The first-order chi connectivity index (χ1) is 11.5. The van der Waals surface area contributed by atoms with Crippen LogP contribution in [0.5, 0.6) is 0 Å². The molecule has 7 heteroatoms. The minimum Gasteiger partial charge on any atom is -0.465 e. The highest BCUT2D eigenvalue weighted by Crippen LogP contribution is 2.14. The Hall–Kier alpha value is -3.22. The smallest absolute Gasteiger partial charge is 0.330 e. The highest BCUT2D eigenvalue weighted by atomic mass is 16.3. The van der Waals surface area contributed by atoms with Gasteiger partial charge in [0.2, 0.25) is 0 Å². The molecule has 3 aromatic rings. The van der Waals surface area contributed by atoms with Crippen LogP contribution in [0.2, 0.25) is 0 Å². The van der Waals surface area contributed by atoms with Gasteiger partial charge in [0.05, 0.1) is 13.1 Å². The standard InChI is InChI=1S/C17H18N4O3/c1-11-7-8-13(24-11)9-19-14-15(18)21(17(23)20-16(14)22)10-12-5-3-2-4-6-12/h2-8,19H,9-10,18H2,1H3,(H,20,22,23).